The minimum absolute atomic E-state index is 0.125. The summed E-state index contributed by atoms with van der Waals surface area (Å²) in [6.45, 7) is 0.264. The lowest BCUT2D eigenvalue weighted by Gasteiger charge is -2.29. The molecule has 0 heterocycles. The van der Waals surface area contributed by atoms with Gasteiger partial charge in [-0.1, -0.05) is 30.5 Å². The summed E-state index contributed by atoms with van der Waals surface area (Å²) in [5, 5.41) is 3.49. The summed E-state index contributed by atoms with van der Waals surface area (Å²) in [6.07, 6.45) is 3.77. The molecule has 1 fully saturated rings. The fourth-order valence-electron chi connectivity index (χ4n) is 2.74. The predicted molar refractivity (Wildman–Crippen MR) is 84.6 cm³/mol. The van der Waals surface area contributed by atoms with E-state index in [1.54, 1.807) is 24.3 Å². The van der Waals surface area contributed by atoms with Crippen molar-refractivity contribution in [1.29, 1.82) is 0 Å². The number of carbonyl (C=O) groups excluding carboxylic acids is 2. The van der Waals surface area contributed by atoms with Gasteiger partial charge < -0.3 is 15.8 Å². The quantitative estimate of drug-likeness (QED) is 0.842. The molecule has 1 aliphatic carbocycles. The zero-order valence-corrected chi connectivity index (χ0v) is 13.1. The van der Waals surface area contributed by atoms with Crippen LogP contribution in [0.5, 0.6) is 5.75 Å². The summed E-state index contributed by atoms with van der Waals surface area (Å²) >= 11 is 5.86. The Labute approximate surface area is 135 Å². The van der Waals surface area contributed by atoms with Gasteiger partial charge in [0.2, 0.25) is 11.8 Å². The number of ether oxygens (including phenoxy) is 1. The summed E-state index contributed by atoms with van der Waals surface area (Å²) in [7, 11) is 0. The number of rotatable bonds is 6. The number of hydrogen-bond donors (Lipinski definition) is 2. The molecule has 0 unspecified atom stereocenters. The third kappa shape index (κ3) is 4.91. The number of nitrogens with two attached hydrogens (primary N) is 1. The lowest BCUT2D eigenvalue weighted by atomic mass is 9.84. The average molecular weight is 325 g/mol. The molecule has 1 aromatic carbocycles. The monoisotopic (exact) mass is 324 g/mol. The van der Waals surface area contributed by atoms with Crippen LogP contribution in [0, 0.1) is 5.92 Å². The molecule has 22 heavy (non-hydrogen) atoms. The van der Waals surface area contributed by atoms with Crippen LogP contribution in [-0.2, 0) is 9.59 Å². The largest absolute Gasteiger partial charge is 0.493 e. The van der Waals surface area contributed by atoms with Crippen molar-refractivity contribution < 1.29 is 14.3 Å². The summed E-state index contributed by atoms with van der Waals surface area (Å²) in [5.74, 6) is -0.0834. The molecule has 120 valence electrons. The molecule has 0 bridgehead atoms. The third-order valence-electron chi connectivity index (χ3n) is 3.87. The molecule has 0 saturated heterocycles. The molecule has 2 rings (SSSR count). The van der Waals surface area contributed by atoms with Gasteiger partial charge in [-0.2, -0.15) is 0 Å². The summed E-state index contributed by atoms with van der Waals surface area (Å²) in [4.78, 5) is 23.4. The van der Waals surface area contributed by atoms with E-state index in [0.717, 1.165) is 25.7 Å². The zero-order valence-electron chi connectivity index (χ0n) is 12.4. The normalized spacial score (nSPS) is 21.1. The second-order valence-corrected chi connectivity index (χ2v) is 5.96. The second kappa shape index (κ2) is 8.03. The first-order chi connectivity index (χ1) is 10.6. The van der Waals surface area contributed by atoms with Crippen molar-refractivity contribution >= 4 is 23.4 Å². The van der Waals surface area contributed by atoms with Crippen molar-refractivity contribution in [2.45, 2.75) is 38.1 Å². The number of nitrogens with one attached hydrogen (secondary N) is 1. The summed E-state index contributed by atoms with van der Waals surface area (Å²) in [6, 6.07) is 6.88. The van der Waals surface area contributed by atoms with Gasteiger partial charge in [-0.25, -0.2) is 0 Å². The van der Waals surface area contributed by atoms with Crippen LogP contribution in [0.25, 0.3) is 0 Å². The van der Waals surface area contributed by atoms with Crippen molar-refractivity contribution in [3.05, 3.63) is 29.3 Å². The SMILES string of the molecule is NC(=O)[C@H]1CCCC[C@@H]1NC(=O)CCOc1cccc(Cl)c1. The molecule has 6 heteroatoms. The zero-order chi connectivity index (χ0) is 15.9. The maximum Gasteiger partial charge on any atom is 0.223 e. The number of benzene rings is 1. The lowest BCUT2D eigenvalue weighted by Crippen LogP contribution is -2.47. The lowest BCUT2D eigenvalue weighted by molar-refractivity contribution is -0.126. The minimum atomic E-state index is -0.333. The van der Waals surface area contributed by atoms with Gasteiger partial charge in [0.1, 0.15) is 5.75 Å². The van der Waals surface area contributed by atoms with Crippen LogP contribution in [0.4, 0.5) is 0 Å². The van der Waals surface area contributed by atoms with Crippen LogP contribution in [0.15, 0.2) is 24.3 Å². The van der Waals surface area contributed by atoms with Gasteiger partial charge in [0.15, 0.2) is 0 Å². The van der Waals surface area contributed by atoms with Gasteiger partial charge in [-0.15, -0.1) is 0 Å². The first-order valence-corrected chi connectivity index (χ1v) is 7.91. The Bertz CT molecular complexity index is 536. The highest BCUT2D eigenvalue weighted by Gasteiger charge is 2.30. The van der Waals surface area contributed by atoms with Gasteiger partial charge in [-0.05, 0) is 31.0 Å². The van der Waals surface area contributed by atoms with E-state index < -0.39 is 0 Å². The van der Waals surface area contributed by atoms with Crippen LogP contribution in [0.2, 0.25) is 5.02 Å². The van der Waals surface area contributed by atoms with Crippen LogP contribution < -0.4 is 15.8 Å². The molecule has 1 aromatic rings. The second-order valence-electron chi connectivity index (χ2n) is 5.52. The van der Waals surface area contributed by atoms with Gasteiger partial charge in [-0.3, -0.25) is 9.59 Å². The van der Waals surface area contributed by atoms with E-state index in [-0.39, 0.29) is 36.8 Å². The Morgan fingerprint density at radius 1 is 1.32 bits per heavy atom. The van der Waals surface area contributed by atoms with E-state index >= 15 is 0 Å². The number of hydrogen-bond acceptors (Lipinski definition) is 3. The van der Waals surface area contributed by atoms with E-state index in [9.17, 15) is 9.59 Å². The molecule has 5 nitrogen and oxygen atoms in total. The molecule has 0 aliphatic heterocycles. The molecular formula is C16H21ClN2O3. The van der Waals surface area contributed by atoms with Crippen molar-refractivity contribution in [1.82, 2.24) is 5.32 Å². The highest BCUT2D eigenvalue weighted by Crippen LogP contribution is 2.24. The van der Waals surface area contributed by atoms with Crippen molar-refractivity contribution in [2.75, 3.05) is 6.61 Å². The number of carbonyl (C=O) groups is 2. The van der Waals surface area contributed by atoms with Gasteiger partial charge in [0, 0.05) is 11.1 Å². The van der Waals surface area contributed by atoms with Crippen molar-refractivity contribution in [3.63, 3.8) is 0 Å². The number of amides is 2. The van der Waals surface area contributed by atoms with Gasteiger partial charge >= 0.3 is 0 Å². The molecule has 2 atom stereocenters. The fourth-order valence-corrected chi connectivity index (χ4v) is 2.92. The predicted octanol–water partition coefficient (Wildman–Crippen LogP) is 2.27. The maximum absolute atomic E-state index is 12.0. The summed E-state index contributed by atoms with van der Waals surface area (Å²) < 4.78 is 5.48. The standard InChI is InChI=1S/C16H21ClN2O3/c17-11-4-3-5-12(10-11)22-9-8-15(20)19-14-7-2-1-6-13(14)16(18)21/h3-5,10,13-14H,1-2,6-9H2,(H2,18,21)(H,19,20)/t13-,14-/m0/s1. The number of halogens is 1. The molecule has 0 radical (unpaired) electrons. The molecule has 0 aromatic heterocycles. The molecule has 2 amide bonds. The van der Waals surface area contributed by atoms with Crippen LogP contribution in [0.1, 0.15) is 32.1 Å². The van der Waals surface area contributed by atoms with Crippen molar-refractivity contribution in [3.8, 4) is 5.75 Å². The third-order valence-corrected chi connectivity index (χ3v) is 4.11. The Kier molecular flexibility index (Phi) is 6.07. The van der Waals surface area contributed by atoms with E-state index in [1.165, 1.54) is 0 Å². The Morgan fingerprint density at radius 2 is 2.09 bits per heavy atom. The Morgan fingerprint density at radius 3 is 2.82 bits per heavy atom. The Balaban J connectivity index is 1.76. The molecule has 0 spiro atoms. The van der Waals surface area contributed by atoms with E-state index in [1.807, 2.05) is 0 Å². The fraction of sp³-hybridized carbons (Fsp3) is 0.500. The van der Waals surface area contributed by atoms with Crippen molar-refractivity contribution in [2.24, 2.45) is 11.7 Å². The van der Waals surface area contributed by atoms with Crippen LogP contribution >= 0.6 is 11.6 Å². The molecule has 1 saturated carbocycles. The smallest absolute Gasteiger partial charge is 0.223 e. The van der Waals surface area contributed by atoms with E-state index in [0.29, 0.717) is 10.8 Å². The van der Waals surface area contributed by atoms with Crippen LogP contribution in [0.3, 0.4) is 0 Å². The topological polar surface area (TPSA) is 81.4 Å². The minimum Gasteiger partial charge on any atom is -0.493 e. The molecular weight excluding hydrogens is 304 g/mol. The van der Waals surface area contributed by atoms with E-state index in [4.69, 9.17) is 22.1 Å². The molecule has 3 N–H and O–H groups in total. The summed E-state index contributed by atoms with van der Waals surface area (Å²) in [5.41, 5.74) is 5.40. The van der Waals surface area contributed by atoms with Crippen LogP contribution in [-0.4, -0.2) is 24.5 Å². The maximum atomic E-state index is 12.0. The first kappa shape index (κ1) is 16.6. The number of primary amides is 1. The Hall–Kier alpha value is -1.75. The highest BCUT2D eigenvalue weighted by atomic mass is 35.5. The van der Waals surface area contributed by atoms with Gasteiger partial charge in [0.05, 0.1) is 18.9 Å². The highest BCUT2D eigenvalue weighted by molar-refractivity contribution is 6.30. The van der Waals surface area contributed by atoms with Gasteiger partial charge in [0.25, 0.3) is 0 Å². The molecule has 1 aliphatic rings. The van der Waals surface area contributed by atoms with E-state index in [2.05, 4.69) is 5.32 Å². The first-order valence-electron chi connectivity index (χ1n) is 7.53. The average Bonchev–Trinajstić information content (AvgIpc) is 2.47.